The minimum absolute atomic E-state index is 0.00270. The molecule has 0 saturated carbocycles. The topological polar surface area (TPSA) is 75.4 Å². The van der Waals surface area contributed by atoms with Crippen LogP contribution >= 0.6 is 0 Å². The van der Waals surface area contributed by atoms with E-state index in [-0.39, 0.29) is 23.7 Å². The summed E-state index contributed by atoms with van der Waals surface area (Å²) in [6.45, 7) is 7.51. The predicted molar refractivity (Wildman–Crippen MR) is 80.1 cm³/mol. The normalized spacial score (nSPS) is 21.4. The Hall–Kier alpha value is -1.10. The zero-order chi connectivity index (χ0) is 15.0. The fourth-order valence-corrected chi connectivity index (χ4v) is 2.74. The molecule has 0 aliphatic carbocycles. The van der Waals surface area contributed by atoms with E-state index in [0.29, 0.717) is 6.54 Å². The fraction of sp³-hybridized carbons (Fsp3) is 0.867. The quantitative estimate of drug-likeness (QED) is 0.656. The Morgan fingerprint density at radius 1 is 1.45 bits per heavy atom. The van der Waals surface area contributed by atoms with Crippen molar-refractivity contribution in [3.63, 3.8) is 0 Å². The number of nitrogens with two attached hydrogens (primary N) is 1. The van der Waals surface area contributed by atoms with Crippen molar-refractivity contribution in [3.05, 3.63) is 0 Å². The molecule has 1 rings (SSSR count). The second-order valence-electron chi connectivity index (χ2n) is 5.88. The third-order valence-corrected chi connectivity index (χ3v) is 4.03. The number of likely N-dealkylation sites (tertiary alicyclic amines) is 1. The molecule has 0 radical (unpaired) electrons. The van der Waals surface area contributed by atoms with Crippen molar-refractivity contribution >= 4 is 11.8 Å². The van der Waals surface area contributed by atoms with Crippen molar-refractivity contribution in [2.24, 2.45) is 17.6 Å². The molecule has 0 spiro atoms. The summed E-state index contributed by atoms with van der Waals surface area (Å²) < 4.78 is 0. The lowest BCUT2D eigenvalue weighted by molar-refractivity contribution is -0.124. The number of carbonyl (C=O) groups excluding carboxylic acids is 2. The lowest BCUT2D eigenvalue weighted by Crippen LogP contribution is -2.42. The van der Waals surface area contributed by atoms with E-state index in [1.807, 2.05) is 6.92 Å². The minimum Gasteiger partial charge on any atom is -0.369 e. The van der Waals surface area contributed by atoms with Gasteiger partial charge in [0.1, 0.15) is 0 Å². The molecule has 0 aromatic carbocycles. The van der Waals surface area contributed by atoms with Crippen molar-refractivity contribution in [2.45, 2.75) is 46.0 Å². The van der Waals surface area contributed by atoms with Gasteiger partial charge in [0.15, 0.2) is 0 Å². The zero-order valence-electron chi connectivity index (χ0n) is 12.9. The smallest absolute Gasteiger partial charge is 0.222 e. The molecule has 5 nitrogen and oxygen atoms in total. The Morgan fingerprint density at radius 3 is 2.85 bits per heavy atom. The molecule has 2 atom stereocenters. The number of nitrogens with one attached hydrogen (secondary N) is 1. The lowest BCUT2D eigenvalue weighted by Gasteiger charge is -2.31. The van der Waals surface area contributed by atoms with Gasteiger partial charge in [-0.15, -0.1) is 0 Å². The van der Waals surface area contributed by atoms with Crippen LogP contribution in [0.3, 0.4) is 0 Å². The summed E-state index contributed by atoms with van der Waals surface area (Å²) in [5.74, 6) is 0.0778. The van der Waals surface area contributed by atoms with Crippen LogP contribution in [0.4, 0.5) is 0 Å². The highest BCUT2D eigenvalue weighted by Crippen LogP contribution is 2.15. The molecule has 1 fully saturated rings. The van der Waals surface area contributed by atoms with Crippen molar-refractivity contribution in [1.82, 2.24) is 10.2 Å². The molecular formula is C15H29N3O2. The Balaban J connectivity index is 2.14. The molecule has 1 aliphatic rings. The van der Waals surface area contributed by atoms with E-state index in [1.54, 1.807) is 0 Å². The van der Waals surface area contributed by atoms with Gasteiger partial charge >= 0.3 is 0 Å². The average molecular weight is 283 g/mol. The molecule has 20 heavy (non-hydrogen) atoms. The van der Waals surface area contributed by atoms with Crippen molar-refractivity contribution in [1.29, 1.82) is 0 Å². The molecule has 116 valence electrons. The van der Waals surface area contributed by atoms with Gasteiger partial charge in [0.25, 0.3) is 0 Å². The summed E-state index contributed by atoms with van der Waals surface area (Å²) in [4.78, 5) is 25.2. The first-order chi connectivity index (χ1) is 9.54. The molecule has 5 heteroatoms. The molecule has 1 saturated heterocycles. The van der Waals surface area contributed by atoms with Crippen LogP contribution in [0.25, 0.3) is 0 Å². The Morgan fingerprint density at radius 2 is 2.20 bits per heavy atom. The van der Waals surface area contributed by atoms with E-state index in [0.717, 1.165) is 51.7 Å². The number of primary amides is 1. The standard InChI is InChI=1S/C15H29N3O2/c1-3-6-12(2)15(20)17-8-5-10-18-9-4-7-13(11-18)14(16)19/h12-13H,3-11H2,1-2H3,(H2,16,19)(H,17,20)/t12-,13+/m0/s1. The van der Waals surface area contributed by atoms with Crippen LogP contribution in [0.1, 0.15) is 46.0 Å². The molecule has 0 aromatic heterocycles. The molecular weight excluding hydrogens is 254 g/mol. The number of hydrogen-bond acceptors (Lipinski definition) is 3. The van der Waals surface area contributed by atoms with Crippen LogP contribution < -0.4 is 11.1 Å². The summed E-state index contributed by atoms with van der Waals surface area (Å²) in [6, 6.07) is 0. The second-order valence-corrected chi connectivity index (χ2v) is 5.88. The maximum Gasteiger partial charge on any atom is 0.222 e. The van der Waals surface area contributed by atoms with Gasteiger partial charge in [0.2, 0.25) is 11.8 Å². The third-order valence-electron chi connectivity index (χ3n) is 4.03. The van der Waals surface area contributed by atoms with Gasteiger partial charge in [-0.3, -0.25) is 9.59 Å². The third kappa shape index (κ3) is 5.90. The van der Waals surface area contributed by atoms with Gasteiger partial charge < -0.3 is 16.0 Å². The van der Waals surface area contributed by atoms with Crippen LogP contribution in [-0.2, 0) is 9.59 Å². The number of rotatable bonds is 8. The van der Waals surface area contributed by atoms with Gasteiger partial charge in [0.05, 0.1) is 5.92 Å². The first-order valence-electron chi connectivity index (χ1n) is 7.84. The molecule has 0 aromatic rings. The molecule has 2 amide bonds. The summed E-state index contributed by atoms with van der Waals surface area (Å²) >= 11 is 0. The maximum atomic E-state index is 11.7. The van der Waals surface area contributed by atoms with Gasteiger partial charge in [-0.2, -0.15) is 0 Å². The number of amides is 2. The molecule has 1 heterocycles. The van der Waals surface area contributed by atoms with Crippen LogP contribution in [0, 0.1) is 11.8 Å². The van der Waals surface area contributed by atoms with Gasteiger partial charge in [-0.1, -0.05) is 20.3 Å². The van der Waals surface area contributed by atoms with E-state index >= 15 is 0 Å². The predicted octanol–water partition coefficient (Wildman–Crippen LogP) is 1.13. The van der Waals surface area contributed by atoms with Crippen LogP contribution in [0.5, 0.6) is 0 Å². The van der Waals surface area contributed by atoms with E-state index in [4.69, 9.17) is 5.73 Å². The van der Waals surface area contributed by atoms with Gasteiger partial charge in [-0.05, 0) is 38.8 Å². The van der Waals surface area contributed by atoms with Gasteiger partial charge in [-0.25, -0.2) is 0 Å². The highest BCUT2D eigenvalue weighted by atomic mass is 16.2. The molecule has 0 unspecified atom stereocenters. The van der Waals surface area contributed by atoms with Crippen LogP contribution in [-0.4, -0.2) is 42.9 Å². The number of hydrogen-bond donors (Lipinski definition) is 2. The minimum atomic E-state index is -0.184. The zero-order valence-corrected chi connectivity index (χ0v) is 12.9. The highest BCUT2D eigenvalue weighted by Gasteiger charge is 2.23. The summed E-state index contributed by atoms with van der Waals surface area (Å²) in [7, 11) is 0. The Labute approximate surface area is 122 Å². The second kappa shape index (κ2) is 8.95. The monoisotopic (exact) mass is 283 g/mol. The fourth-order valence-electron chi connectivity index (χ4n) is 2.74. The molecule has 1 aliphatic heterocycles. The summed E-state index contributed by atoms with van der Waals surface area (Å²) in [5, 5.41) is 2.98. The SMILES string of the molecule is CCC[C@H](C)C(=O)NCCCN1CCC[C@@H](C(N)=O)C1. The van der Waals surface area contributed by atoms with Crippen molar-refractivity contribution in [3.8, 4) is 0 Å². The first-order valence-corrected chi connectivity index (χ1v) is 7.84. The molecule has 0 bridgehead atoms. The number of carbonyl (C=O) groups is 2. The largest absolute Gasteiger partial charge is 0.369 e. The Bertz CT molecular complexity index is 320. The van der Waals surface area contributed by atoms with Gasteiger partial charge in [0, 0.05) is 19.0 Å². The average Bonchev–Trinajstić information content (AvgIpc) is 2.44. The van der Waals surface area contributed by atoms with E-state index < -0.39 is 0 Å². The van der Waals surface area contributed by atoms with Crippen LogP contribution in [0.15, 0.2) is 0 Å². The summed E-state index contributed by atoms with van der Waals surface area (Å²) in [6.07, 6.45) is 4.86. The first kappa shape index (κ1) is 17.0. The number of piperidine rings is 1. The Kier molecular flexibility index (Phi) is 7.59. The van der Waals surface area contributed by atoms with Crippen molar-refractivity contribution in [2.75, 3.05) is 26.2 Å². The molecule has 3 N–H and O–H groups in total. The summed E-state index contributed by atoms with van der Waals surface area (Å²) in [5.41, 5.74) is 5.36. The van der Waals surface area contributed by atoms with E-state index in [1.165, 1.54) is 0 Å². The van der Waals surface area contributed by atoms with Crippen LogP contribution in [0.2, 0.25) is 0 Å². The van der Waals surface area contributed by atoms with Crippen molar-refractivity contribution < 1.29 is 9.59 Å². The van der Waals surface area contributed by atoms with E-state index in [9.17, 15) is 9.59 Å². The lowest BCUT2D eigenvalue weighted by atomic mass is 9.97. The highest BCUT2D eigenvalue weighted by molar-refractivity contribution is 5.78. The van der Waals surface area contributed by atoms with E-state index in [2.05, 4.69) is 17.1 Å². The maximum absolute atomic E-state index is 11.7. The number of nitrogens with zero attached hydrogens (tertiary/aromatic N) is 1.